The Hall–Kier alpha value is -2.58. The molecule has 7 nitrogen and oxygen atoms in total. The first-order valence-corrected chi connectivity index (χ1v) is 14.6. The number of amides is 2. The third kappa shape index (κ3) is 8.52. The Bertz CT molecular complexity index is 1130. The molecule has 0 bridgehead atoms. The van der Waals surface area contributed by atoms with Gasteiger partial charge in [-0.1, -0.05) is 49.7 Å². The van der Waals surface area contributed by atoms with Crippen LogP contribution in [-0.4, -0.2) is 50.5 Å². The molecule has 0 aliphatic rings. The lowest BCUT2D eigenvalue weighted by Crippen LogP contribution is -2.49. The van der Waals surface area contributed by atoms with Crippen LogP contribution in [0.5, 0.6) is 0 Å². The van der Waals surface area contributed by atoms with E-state index in [0.717, 1.165) is 23.1 Å². The molecule has 2 aromatic rings. The number of nitrogens with one attached hydrogen (secondary N) is 1. The highest BCUT2D eigenvalue weighted by atomic mass is 35.5. The second kappa shape index (κ2) is 13.7. The summed E-state index contributed by atoms with van der Waals surface area (Å²) in [6, 6.07) is 12.2. The third-order valence-electron chi connectivity index (χ3n) is 5.88. The number of carbonyl (C=O) groups is 2. The second-order valence-electron chi connectivity index (χ2n) is 9.11. The van der Waals surface area contributed by atoms with E-state index in [2.05, 4.69) is 5.32 Å². The van der Waals surface area contributed by atoms with Crippen molar-refractivity contribution in [2.75, 3.05) is 23.7 Å². The van der Waals surface area contributed by atoms with Crippen LogP contribution in [0.25, 0.3) is 0 Å². The van der Waals surface area contributed by atoms with Crippen molar-refractivity contribution in [3.05, 3.63) is 64.2 Å². The van der Waals surface area contributed by atoms with Gasteiger partial charge in [0.15, 0.2) is 0 Å². The van der Waals surface area contributed by atoms with Crippen LogP contribution in [0.1, 0.15) is 56.2 Å². The number of sulfonamides is 1. The highest BCUT2D eigenvalue weighted by molar-refractivity contribution is 7.92. The van der Waals surface area contributed by atoms with Crippen molar-refractivity contribution in [2.24, 2.45) is 0 Å². The molecule has 9 heteroatoms. The molecular formula is C27H38ClN3O4S. The number of nitrogens with zero attached hydrogens (tertiary/aromatic N) is 2. The van der Waals surface area contributed by atoms with E-state index >= 15 is 0 Å². The molecule has 2 rings (SSSR count). The van der Waals surface area contributed by atoms with Crippen molar-refractivity contribution < 1.29 is 18.0 Å². The van der Waals surface area contributed by atoms with Crippen molar-refractivity contribution >= 4 is 39.1 Å². The normalized spacial score (nSPS) is 12.2. The summed E-state index contributed by atoms with van der Waals surface area (Å²) in [5.41, 5.74) is 3.26. The summed E-state index contributed by atoms with van der Waals surface area (Å²) in [7, 11) is -3.54. The minimum atomic E-state index is -3.54. The Morgan fingerprint density at radius 3 is 2.25 bits per heavy atom. The Labute approximate surface area is 220 Å². The van der Waals surface area contributed by atoms with Crippen LogP contribution >= 0.6 is 11.6 Å². The molecular weight excluding hydrogens is 498 g/mol. The first kappa shape index (κ1) is 29.6. The van der Waals surface area contributed by atoms with Crippen molar-refractivity contribution in [2.45, 2.75) is 66.0 Å². The quantitative estimate of drug-likeness (QED) is 0.398. The highest BCUT2D eigenvalue weighted by Gasteiger charge is 2.29. The fourth-order valence-corrected chi connectivity index (χ4v) is 5.34. The lowest BCUT2D eigenvalue weighted by molar-refractivity contribution is -0.141. The van der Waals surface area contributed by atoms with Gasteiger partial charge in [-0.25, -0.2) is 8.42 Å². The average molecular weight is 536 g/mol. The molecule has 0 spiro atoms. The minimum absolute atomic E-state index is 0.0961. The van der Waals surface area contributed by atoms with Crippen molar-refractivity contribution in [1.29, 1.82) is 0 Å². The van der Waals surface area contributed by atoms with Crippen molar-refractivity contribution in [3.8, 4) is 0 Å². The molecule has 0 unspecified atom stereocenters. The summed E-state index contributed by atoms with van der Waals surface area (Å²) in [5.74, 6) is -0.421. The number of hydrogen-bond donors (Lipinski definition) is 1. The topological polar surface area (TPSA) is 86.8 Å². The molecule has 198 valence electrons. The Kier molecular flexibility index (Phi) is 11.2. The Morgan fingerprint density at radius 2 is 1.69 bits per heavy atom. The molecule has 1 atom stereocenters. The van der Waals surface area contributed by atoms with E-state index < -0.39 is 16.1 Å². The van der Waals surface area contributed by atoms with Gasteiger partial charge in [-0.2, -0.15) is 0 Å². The van der Waals surface area contributed by atoms with E-state index in [1.54, 1.807) is 11.0 Å². The molecule has 2 amide bonds. The van der Waals surface area contributed by atoms with Gasteiger partial charge in [0, 0.05) is 31.1 Å². The number of benzene rings is 2. The summed E-state index contributed by atoms with van der Waals surface area (Å²) in [6.07, 6.45) is 2.81. The van der Waals surface area contributed by atoms with Gasteiger partial charge in [0.05, 0.1) is 11.9 Å². The molecule has 2 aromatic carbocycles. The summed E-state index contributed by atoms with van der Waals surface area (Å²) in [4.78, 5) is 27.9. The maximum absolute atomic E-state index is 13.4. The molecule has 0 aromatic heterocycles. The van der Waals surface area contributed by atoms with Gasteiger partial charge >= 0.3 is 0 Å². The van der Waals surface area contributed by atoms with Gasteiger partial charge in [-0.15, -0.1) is 0 Å². The Morgan fingerprint density at radius 1 is 1.06 bits per heavy atom. The van der Waals surface area contributed by atoms with Gasteiger partial charge in [-0.3, -0.25) is 13.9 Å². The van der Waals surface area contributed by atoms with Crippen LogP contribution in [0.3, 0.4) is 0 Å². The van der Waals surface area contributed by atoms with Gasteiger partial charge in [-0.05, 0) is 68.0 Å². The molecule has 0 heterocycles. The van der Waals surface area contributed by atoms with Gasteiger partial charge in [0.25, 0.3) is 0 Å². The van der Waals surface area contributed by atoms with Crippen LogP contribution < -0.4 is 9.62 Å². The molecule has 0 aliphatic carbocycles. The third-order valence-corrected chi connectivity index (χ3v) is 7.44. The number of anilines is 1. The van der Waals surface area contributed by atoms with E-state index in [1.165, 1.54) is 10.6 Å². The fraction of sp³-hybridized carbons (Fsp3) is 0.481. The minimum Gasteiger partial charge on any atom is -0.354 e. The van der Waals surface area contributed by atoms with E-state index in [1.807, 2.05) is 64.1 Å². The van der Waals surface area contributed by atoms with Crippen LogP contribution in [0.4, 0.5) is 5.69 Å². The molecule has 0 aliphatic heterocycles. The maximum atomic E-state index is 13.4. The van der Waals surface area contributed by atoms with Crippen LogP contribution in [-0.2, 0) is 26.2 Å². The SMILES string of the molecule is CCCNC(=O)[C@H](CC)N(Cc1ccccc1Cl)C(=O)CCCN(c1cc(C)cc(C)c1)S(C)(=O)=O. The van der Waals surface area contributed by atoms with E-state index in [4.69, 9.17) is 11.6 Å². The number of rotatable bonds is 13. The zero-order valence-corrected chi connectivity index (χ0v) is 23.5. The summed E-state index contributed by atoms with van der Waals surface area (Å²) >= 11 is 6.36. The summed E-state index contributed by atoms with van der Waals surface area (Å²) < 4.78 is 26.4. The molecule has 1 N–H and O–H groups in total. The van der Waals surface area contributed by atoms with Gasteiger partial charge < -0.3 is 10.2 Å². The first-order valence-electron chi connectivity index (χ1n) is 12.3. The summed E-state index contributed by atoms with van der Waals surface area (Å²) in [5, 5.41) is 3.42. The molecule has 36 heavy (non-hydrogen) atoms. The molecule has 0 saturated carbocycles. The van der Waals surface area contributed by atoms with Gasteiger partial charge in [0.1, 0.15) is 6.04 Å². The number of halogens is 1. The van der Waals surface area contributed by atoms with Crippen molar-refractivity contribution in [3.63, 3.8) is 0 Å². The Balaban J connectivity index is 2.24. The van der Waals surface area contributed by atoms with E-state index in [9.17, 15) is 18.0 Å². The lowest BCUT2D eigenvalue weighted by Gasteiger charge is -2.31. The second-order valence-corrected chi connectivity index (χ2v) is 11.4. The standard InChI is InChI=1S/C27H38ClN3O4S/c1-6-14-29-27(33)25(7-2)30(19-22-11-8-9-12-24(22)28)26(32)13-10-15-31(36(5,34)35)23-17-20(3)16-21(4)18-23/h8-9,11-12,16-18,25H,6-7,10,13-15,19H2,1-5H3,(H,29,33)/t25-/m0/s1. The largest absolute Gasteiger partial charge is 0.354 e. The smallest absolute Gasteiger partial charge is 0.242 e. The van der Waals surface area contributed by atoms with E-state index in [0.29, 0.717) is 30.1 Å². The lowest BCUT2D eigenvalue weighted by atomic mass is 10.1. The number of aryl methyl sites for hydroxylation is 2. The molecule has 0 radical (unpaired) electrons. The zero-order valence-electron chi connectivity index (χ0n) is 21.9. The van der Waals surface area contributed by atoms with E-state index in [-0.39, 0.29) is 31.3 Å². The predicted octanol–water partition coefficient (Wildman–Crippen LogP) is 4.84. The zero-order chi connectivity index (χ0) is 26.9. The molecule has 0 fully saturated rings. The van der Waals surface area contributed by atoms with Crippen LogP contribution in [0.15, 0.2) is 42.5 Å². The maximum Gasteiger partial charge on any atom is 0.242 e. The average Bonchev–Trinajstić information content (AvgIpc) is 2.79. The summed E-state index contributed by atoms with van der Waals surface area (Å²) in [6.45, 7) is 8.56. The van der Waals surface area contributed by atoms with Gasteiger partial charge in [0.2, 0.25) is 21.8 Å². The first-order chi connectivity index (χ1) is 17.0. The highest BCUT2D eigenvalue weighted by Crippen LogP contribution is 2.23. The monoisotopic (exact) mass is 535 g/mol. The van der Waals surface area contributed by atoms with Crippen LogP contribution in [0.2, 0.25) is 5.02 Å². The number of carbonyl (C=O) groups excluding carboxylic acids is 2. The molecule has 0 saturated heterocycles. The predicted molar refractivity (Wildman–Crippen MR) is 147 cm³/mol. The van der Waals surface area contributed by atoms with Crippen LogP contribution in [0, 0.1) is 13.8 Å². The fourth-order valence-electron chi connectivity index (χ4n) is 4.19. The van der Waals surface area contributed by atoms with Crippen molar-refractivity contribution in [1.82, 2.24) is 10.2 Å². The number of hydrogen-bond acceptors (Lipinski definition) is 4.